The maximum Gasteiger partial charge on any atom is 0.310 e. The van der Waals surface area contributed by atoms with E-state index in [1.54, 1.807) is 6.92 Å². The van der Waals surface area contributed by atoms with Crippen LogP contribution in [0.1, 0.15) is 57.1 Å². The molecule has 1 atom stereocenters. The van der Waals surface area contributed by atoms with Gasteiger partial charge < -0.3 is 5.11 Å². The lowest BCUT2D eigenvalue weighted by Gasteiger charge is -2.26. The van der Waals surface area contributed by atoms with Crippen LogP contribution in [-0.2, 0) is 11.3 Å². The second kappa shape index (κ2) is 6.61. The number of benzene rings is 1. The second-order valence-corrected chi connectivity index (χ2v) is 6.47. The average molecular weight is 289 g/mol. The summed E-state index contributed by atoms with van der Waals surface area (Å²) in [7, 11) is 0. The van der Waals surface area contributed by atoms with E-state index in [1.165, 1.54) is 37.9 Å². The van der Waals surface area contributed by atoms with Gasteiger partial charge in [-0.2, -0.15) is 0 Å². The van der Waals surface area contributed by atoms with Crippen molar-refractivity contribution in [1.82, 2.24) is 4.90 Å². The van der Waals surface area contributed by atoms with E-state index in [0.717, 1.165) is 12.1 Å². The summed E-state index contributed by atoms with van der Waals surface area (Å²) in [5.41, 5.74) is 2.67. The summed E-state index contributed by atoms with van der Waals surface area (Å²) in [6.07, 6.45) is 3.82. The highest BCUT2D eigenvalue weighted by atomic mass is 16.4. The van der Waals surface area contributed by atoms with Gasteiger partial charge in [0, 0.05) is 13.1 Å². The number of hydrogen-bond donors (Lipinski definition) is 1. The normalized spacial score (nSPS) is 19.6. The topological polar surface area (TPSA) is 40.5 Å². The van der Waals surface area contributed by atoms with Gasteiger partial charge in [0.15, 0.2) is 0 Å². The minimum Gasteiger partial charge on any atom is -0.481 e. The molecule has 21 heavy (non-hydrogen) atoms. The van der Waals surface area contributed by atoms with E-state index < -0.39 is 11.9 Å². The standard InChI is InChI=1S/C18H27NO2/c1-4-18(5-2)10-11-19(13-18)12-15-6-8-16(9-7-15)14(3)17(20)21/h6-9,14H,4-5,10-13H2,1-3H3,(H,20,21). The van der Waals surface area contributed by atoms with Gasteiger partial charge in [-0.15, -0.1) is 0 Å². The van der Waals surface area contributed by atoms with Crippen molar-refractivity contribution in [3.8, 4) is 0 Å². The lowest BCUT2D eigenvalue weighted by Crippen LogP contribution is -2.26. The first-order chi connectivity index (χ1) is 9.99. The van der Waals surface area contributed by atoms with Crippen LogP contribution in [0.2, 0.25) is 0 Å². The molecule has 3 heteroatoms. The molecule has 0 spiro atoms. The fourth-order valence-electron chi connectivity index (χ4n) is 3.30. The third-order valence-corrected chi connectivity index (χ3v) is 5.27. The van der Waals surface area contributed by atoms with Gasteiger partial charge in [-0.25, -0.2) is 0 Å². The molecule has 1 heterocycles. The number of likely N-dealkylation sites (tertiary alicyclic amines) is 1. The van der Waals surface area contributed by atoms with Crippen LogP contribution in [-0.4, -0.2) is 29.1 Å². The van der Waals surface area contributed by atoms with Crippen LogP contribution in [0.15, 0.2) is 24.3 Å². The monoisotopic (exact) mass is 289 g/mol. The molecule has 0 amide bonds. The minimum absolute atomic E-state index is 0.432. The molecule has 116 valence electrons. The Balaban J connectivity index is 1.97. The van der Waals surface area contributed by atoms with Crippen LogP contribution in [0.5, 0.6) is 0 Å². The van der Waals surface area contributed by atoms with Crippen molar-refractivity contribution in [3.05, 3.63) is 35.4 Å². The largest absolute Gasteiger partial charge is 0.481 e. The van der Waals surface area contributed by atoms with Crippen molar-refractivity contribution in [3.63, 3.8) is 0 Å². The van der Waals surface area contributed by atoms with E-state index in [9.17, 15) is 4.79 Å². The molecule has 1 fully saturated rings. The van der Waals surface area contributed by atoms with E-state index in [-0.39, 0.29) is 0 Å². The Bertz CT molecular complexity index is 476. The van der Waals surface area contributed by atoms with Gasteiger partial charge in [-0.3, -0.25) is 9.69 Å². The molecule has 0 bridgehead atoms. The maximum atomic E-state index is 11.0. The van der Waals surface area contributed by atoms with E-state index in [1.807, 2.05) is 12.1 Å². The zero-order valence-corrected chi connectivity index (χ0v) is 13.4. The summed E-state index contributed by atoms with van der Waals surface area (Å²) >= 11 is 0. The Morgan fingerprint density at radius 2 is 1.90 bits per heavy atom. The molecule has 1 aromatic carbocycles. The van der Waals surface area contributed by atoms with Crippen LogP contribution < -0.4 is 0 Å². The Morgan fingerprint density at radius 3 is 2.38 bits per heavy atom. The molecular weight excluding hydrogens is 262 g/mol. The first-order valence-electron chi connectivity index (χ1n) is 8.03. The summed E-state index contributed by atoms with van der Waals surface area (Å²) in [5.74, 6) is -1.20. The van der Waals surface area contributed by atoms with Crippen molar-refractivity contribution in [2.75, 3.05) is 13.1 Å². The molecule has 1 N–H and O–H groups in total. The van der Waals surface area contributed by atoms with Crippen molar-refractivity contribution in [1.29, 1.82) is 0 Å². The first kappa shape index (κ1) is 16.0. The lowest BCUT2D eigenvalue weighted by atomic mass is 9.82. The van der Waals surface area contributed by atoms with E-state index >= 15 is 0 Å². The Hall–Kier alpha value is -1.35. The molecular formula is C18H27NO2. The van der Waals surface area contributed by atoms with Crippen LogP contribution in [0, 0.1) is 5.41 Å². The fraction of sp³-hybridized carbons (Fsp3) is 0.611. The van der Waals surface area contributed by atoms with Crippen molar-refractivity contribution in [2.45, 2.75) is 52.5 Å². The SMILES string of the molecule is CCC1(CC)CCN(Cc2ccc(C(C)C(=O)O)cc2)C1. The number of aliphatic carboxylic acids is 1. The zero-order chi connectivity index (χ0) is 15.5. The molecule has 1 aromatic rings. The molecule has 0 aliphatic carbocycles. The highest BCUT2D eigenvalue weighted by molar-refractivity contribution is 5.75. The number of rotatable bonds is 6. The average Bonchev–Trinajstić information content (AvgIpc) is 2.91. The Kier molecular flexibility index (Phi) is 5.04. The molecule has 3 nitrogen and oxygen atoms in total. The van der Waals surface area contributed by atoms with Gasteiger partial charge in [0.2, 0.25) is 0 Å². The molecule has 0 aromatic heterocycles. The maximum absolute atomic E-state index is 11.0. The van der Waals surface area contributed by atoms with Crippen LogP contribution >= 0.6 is 0 Å². The van der Waals surface area contributed by atoms with Gasteiger partial charge in [0.25, 0.3) is 0 Å². The first-order valence-corrected chi connectivity index (χ1v) is 8.03. The van der Waals surface area contributed by atoms with Crippen LogP contribution in [0.4, 0.5) is 0 Å². The molecule has 0 saturated carbocycles. The summed E-state index contributed by atoms with van der Waals surface area (Å²) in [6, 6.07) is 8.06. The quantitative estimate of drug-likeness (QED) is 0.863. The Morgan fingerprint density at radius 1 is 1.29 bits per heavy atom. The number of hydrogen-bond acceptors (Lipinski definition) is 2. The van der Waals surface area contributed by atoms with Crippen LogP contribution in [0.3, 0.4) is 0 Å². The van der Waals surface area contributed by atoms with Gasteiger partial charge in [-0.05, 0) is 49.3 Å². The zero-order valence-electron chi connectivity index (χ0n) is 13.4. The van der Waals surface area contributed by atoms with Crippen molar-refractivity contribution < 1.29 is 9.90 Å². The van der Waals surface area contributed by atoms with E-state index in [4.69, 9.17) is 5.11 Å². The predicted octanol–water partition coefficient (Wildman–Crippen LogP) is 3.89. The van der Waals surface area contributed by atoms with Gasteiger partial charge in [0.1, 0.15) is 0 Å². The van der Waals surface area contributed by atoms with Gasteiger partial charge in [0.05, 0.1) is 5.92 Å². The molecule has 0 radical (unpaired) electrons. The Labute approximate surface area is 128 Å². The third kappa shape index (κ3) is 3.65. The number of carboxylic acid groups (broad SMARTS) is 1. The predicted molar refractivity (Wildman–Crippen MR) is 85.4 cm³/mol. The number of carboxylic acids is 1. The summed E-state index contributed by atoms with van der Waals surface area (Å²) in [6.45, 7) is 9.67. The van der Waals surface area contributed by atoms with Gasteiger partial charge in [-0.1, -0.05) is 38.1 Å². The molecule has 1 aliphatic rings. The number of nitrogens with zero attached hydrogens (tertiary/aromatic N) is 1. The molecule has 2 rings (SSSR count). The molecule has 1 aliphatic heterocycles. The summed E-state index contributed by atoms with van der Waals surface area (Å²) in [4.78, 5) is 13.5. The summed E-state index contributed by atoms with van der Waals surface area (Å²) < 4.78 is 0. The highest BCUT2D eigenvalue weighted by Gasteiger charge is 2.34. The molecule has 1 saturated heterocycles. The fourth-order valence-corrected chi connectivity index (χ4v) is 3.30. The smallest absolute Gasteiger partial charge is 0.310 e. The van der Waals surface area contributed by atoms with E-state index in [0.29, 0.717) is 5.41 Å². The summed E-state index contributed by atoms with van der Waals surface area (Å²) in [5, 5.41) is 9.04. The second-order valence-electron chi connectivity index (χ2n) is 6.47. The van der Waals surface area contributed by atoms with Crippen molar-refractivity contribution >= 4 is 5.97 Å². The third-order valence-electron chi connectivity index (χ3n) is 5.27. The lowest BCUT2D eigenvalue weighted by molar-refractivity contribution is -0.138. The highest BCUT2D eigenvalue weighted by Crippen LogP contribution is 2.37. The number of carbonyl (C=O) groups is 1. The molecule has 1 unspecified atom stereocenters. The van der Waals surface area contributed by atoms with Crippen molar-refractivity contribution in [2.24, 2.45) is 5.41 Å². The van der Waals surface area contributed by atoms with Gasteiger partial charge >= 0.3 is 5.97 Å². The minimum atomic E-state index is -0.766. The van der Waals surface area contributed by atoms with Crippen LogP contribution in [0.25, 0.3) is 0 Å². The van der Waals surface area contributed by atoms with E-state index in [2.05, 4.69) is 30.9 Å².